The quantitative estimate of drug-likeness (QED) is 0.778. The molecule has 0 aliphatic heterocycles. The van der Waals surface area contributed by atoms with Crippen molar-refractivity contribution in [2.24, 2.45) is 11.7 Å². The van der Waals surface area contributed by atoms with Gasteiger partial charge in [0, 0.05) is 30.1 Å². The molecule has 0 aliphatic rings. The number of nitrogens with two attached hydrogens (primary N) is 1. The van der Waals surface area contributed by atoms with Crippen LogP contribution in [0.3, 0.4) is 0 Å². The first-order valence-corrected chi connectivity index (χ1v) is 7.62. The second-order valence-electron chi connectivity index (χ2n) is 5.49. The zero-order chi connectivity index (χ0) is 17.5. The average Bonchev–Trinajstić information content (AvgIpc) is 2.57. The maximum atomic E-state index is 12.6. The Morgan fingerprint density at radius 2 is 1.88 bits per heavy atom. The maximum absolute atomic E-state index is 12.6. The molecule has 136 valence electrons. The first-order chi connectivity index (χ1) is 11.5. The van der Waals surface area contributed by atoms with E-state index in [1.165, 1.54) is 12.1 Å². The molecule has 4 nitrogen and oxygen atoms in total. The van der Waals surface area contributed by atoms with Crippen LogP contribution in [-0.2, 0) is 11.2 Å². The van der Waals surface area contributed by atoms with Gasteiger partial charge in [-0.05, 0) is 23.8 Å². The summed E-state index contributed by atoms with van der Waals surface area (Å²) in [6.07, 6.45) is 0.416. The lowest BCUT2D eigenvalue weighted by atomic mass is 10.0. The number of halogens is 3. The van der Waals surface area contributed by atoms with Crippen molar-refractivity contribution in [1.29, 1.82) is 0 Å². The van der Waals surface area contributed by atoms with Crippen molar-refractivity contribution in [3.63, 3.8) is 0 Å². The van der Waals surface area contributed by atoms with Crippen LogP contribution in [0.2, 0.25) is 0 Å². The minimum atomic E-state index is -2.91. The summed E-state index contributed by atoms with van der Waals surface area (Å²) in [4.78, 5) is 11.9. The van der Waals surface area contributed by atoms with E-state index in [0.717, 1.165) is 5.56 Å². The third kappa shape index (κ3) is 6.32. The van der Waals surface area contributed by atoms with Gasteiger partial charge < -0.3 is 15.8 Å². The van der Waals surface area contributed by atoms with Crippen molar-refractivity contribution in [3.8, 4) is 5.75 Å². The molecule has 2 rings (SSSR count). The second kappa shape index (κ2) is 9.96. The highest BCUT2D eigenvalue weighted by atomic mass is 35.5. The molecule has 0 spiro atoms. The molecule has 0 saturated carbocycles. The molecule has 0 radical (unpaired) electrons. The van der Waals surface area contributed by atoms with Crippen LogP contribution in [0.1, 0.15) is 18.1 Å². The lowest BCUT2D eigenvalue weighted by molar-refractivity contribution is -0.119. The van der Waals surface area contributed by atoms with Crippen LogP contribution in [0.5, 0.6) is 5.75 Å². The second-order valence-corrected chi connectivity index (χ2v) is 5.49. The van der Waals surface area contributed by atoms with E-state index in [1.54, 1.807) is 13.0 Å². The van der Waals surface area contributed by atoms with Crippen molar-refractivity contribution >= 4 is 24.0 Å². The van der Waals surface area contributed by atoms with E-state index < -0.39 is 6.61 Å². The molecule has 1 amide bonds. The Morgan fingerprint density at radius 1 is 1.20 bits per heavy atom. The number of hydrogen-bond acceptors (Lipinski definition) is 3. The summed E-state index contributed by atoms with van der Waals surface area (Å²) in [5.41, 5.74) is 7.52. The molecule has 3 N–H and O–H groups in total. The Balaban J connectivity index is 0.00000312. The van der Waals surface area contributed by atoms with E-state index in [2.05, 4.69) is 10.1 Å². The van der Waals surface area contributed by atoms with E-state index in [-0.39, 0.29) is 36.5 Å². The number of carbonyl (C=O) groups excluding carboxylic acids is 1. The fourth-order valence-corrected chi connectivity index (χ4v) is 2.19. The van der Waals surface area contributed by atoms with Gasteiger partial charge in [0.25, 0.3) is 0 Å². The standard InChI is InChI=1S/C18H20F2N2O2.ClH/c1-12(11-21)17(23)22-15-7-8-16(24-18(19)20)14(10-15)9-13-5-3-2-4-6-13;/h2-8,10,12,18H,9,11,21H2,1H3,(H,22,23);1H. The van der Waals surface area contributed by atoms with Crippen LogP contribution in [0.15, 0.2) is 48.5 Å². The topological polar surface area (TPSA) is 64.4 Å². The molecule has 0 aliphatic carbocycles. The maximum Gasteiger partial charge on any atom is 0.387 e. The predicted octanol–water partition coefficient (Wildman–Crippen LogP) is 3.83. The van der Waals surface area contributed by atoms with E-state index >= 15 is 0 Å². The molecule has 2 aromatic carbocycles. The number of amides is 1. The number of rotatable bonds is 7. The fourth-order valence-electron chi connectivity index (χ4n) is 2.19. The summed E-state index contributed by atoms with van der Waals surface area (Å²) in [6.45, 7) is -0.957. The summed E-state index contributed by atoms with van der Waals surface area (Å²) in [6, 6.07) is 14.0. The van der Waals surface area contributed by atoms with Gasteiger partial charge in [-0.15, -0.1) is 12.4 Å². The van der Waals surface area contributed by atoms with Crippen molar-refractivity contribution in [2.75, 3.05) is 11.9 Å². The summed E-state index contributed by atoms with van der Waals surface area (Å²) >= 11 is 0. The highest BCUT2D eigenvalue weighted by Crippen LogP contribution is 2.27. The SMILES string of the molecule is CC(CN)C(=O)Nc1ccc(OC(F)F)c(Cc2ccccc2)c1.Cl. The Bertz CT molecular complexity index is 684. The van der Waals surface area contributed by atoms with Gasteiger partial charge in [-0.25, -0.2) is 0 Å². The normalized spacial score (nSPS) is 11.6. The molecule has 0 heterocycles. The molecule has 25 heavy (non-hydrogen) atoms. The molecule has 1 atom stereocenters. The number of nitrogens with one attached hydrogen (secondary N) is 1. The van der Waals surface area contributed by atoms with Crippen LogP contribution in [0.25, 0.3) is 0 Å². The number of ether oxygens (including phenoxy) is 1. The number of hydrogen-bond donors (Lipinski definition) is 2. The van der Waals surface area contributed by atoms with Gasteiger partial charge in [0.15, 0.2) is 0 Å². The van der Waals surface area contributed by atoms with E-state index in [0.29, 0.717) is 17.7 Å². The summed E-state index contributed by atoms with van der Waals surface area (Å²) in [5.74, 6) is -0.455. The minimum Gasteiger partial charge on any atom is -0.435 e. The van der Waals surface area contributed by atoms with Gasteiger partial charge in [0.1, 0.15) is 5.75 Å². The summed E-state index contributed by atoms with van der Waals surface area (Å²) < 4.78 is 29.8. The number of anilines is 1. The lowest BCUT2D eigenvalue weighted by Gasteiger charge is -2.15. The highest BCUT2D eigenvalue weighted by molar-refractivity contribution is 5.92. The number of carbonyl (C=O) groups is 1. The number of alkyl halides is 2. The average molecular weight is 371 g/mol. The molecule has 1 unspecified atom stereocenters. The van der Waals surface area contributed by atoms with Gasteiger partial charge in [-0.2, -0.15) is 8.78 Å². The lowest BCUT2D eigenvalue weighted by Crippen LogP contribution is -2.26. The Hall–Kier alpha value is -2.18. The van der Waals surface area contributed by atoms with Crippen molar-refractivity contribution in [3.05, 3.63) is 59.7 Å². The summed E-state index contributed by atoms with van der Waals surface area (Å²) in [7, 11) is 0. The largest absolute Gasteiger partial charge is 0.435 e. The zero-order valence-corrected chi connectivity index (χ0v) is 14.6. The molecule has 7 heteroatoms. The van der Waals surface area contributed by atoms with Crippen LogP contribution in [0.4, 0.5) is 14.5 Å². The molecular formula is C18H21ClF2N2O2. The monoisotopic (exact) mass is 370 g/mol. The fraction of sp³-hybridized carbons (Fsp3) is 0.278. The minimum absolute atomic E-state index is 0. The summed E-state index contributed by atoms with van der Waals surface area (Å²) in [5, 5.41) is 2.74. The molecule has 2 aromatic rings. The highest BCUT2D eigenvalue weighted by Gasteiger charge is 2.14. The molecule has 0 bridgehead atoms. The Kier molecular flexibility index (Phi) is 8.31. The van der Waals surface area contributed by atoms with Crippen molar-refractivity contribution in [1.82, 2.24) is 0 Å². The van der Waals surface area contributed by atoms with Crippen molar-refractivity contribution < 1.29 is 18.3 Å². The zero-order valence-electron chi connectivity index (χ0n) is 13.7. The molecular weight excluding hydrogens is 350 g/mol. The smallest absolute Gasteiger partial charge is 0.387 e. The van der Waals surface area contributed by atoms with Gasteiger partial charge in [-0.3, -0.25) is 4.79 Å². The van der Waals surface area contributed by atoms with E-state index in [4.69, 9.17) is 5.73 Å². The van der Waals surface area contributed by atoms with Crippen molar-refractivity contribution in [2.45, 2.75) is 20.0 Å². The van der Waals surface area contributed by atoms with Gasteiger partial charge in [0.2, 0.25) is 5.91 Å². The van der Waals surface area contributed by atoms with Crippen LogP contribution in [0, 0.1) is 5.92 Å². The first kappa shape index (κ1) is 20.9. The molecule has 0 saturated heterocycles. The molecule has 0 fully saturated rings. The van der Waals surface area contributed by atoms with Crippen LogP contribution < -0.4 is 15.8 Å². The van der Waals surface area contributed by atoms with Gasteiger partial charge >= 0.3 is 6.61 Å². The van der Waals surface area contributed by atoms with E-state index in [9.17, 15) is 13.6 Å². The van der Waals surface area contributed by atoms with Gasteiger partial charge in [-0.1, -0.05) is 37.3 Å². The number of benzene rings is 2. The Morgan fingerprint density at radius 3 is 2.48 bits per heavy atom. The predicted molar refractivity (Wildman–Crippen MR) is 96.4 cm³/mol. The van der Waals surface area contributed by atoms with E-state index in [1.807, 2.05) is 30.3 Å². The first-order valence-electron chi connectivity index (χ1n) is 7.62. The van der Waals surface area contributed by atoms with Crippen LogP contribution >= 0.6 is 12.4 Å². The third-order valence-electron chi connectivity index (χ3n) is 3.58. The Labute approximate surface area is 151 Å². The third-order valence-corrected chi connectivity index (χ3v) is 3.58. The van der Waals surface area contributed by atoms with Crippen LogP contribution in [-0.4, -0.2) is 19.1 Å². The molecule has 0 aromatic heterocycles. The van der Waals surface area contributed by atoms with Gasteiger partial charge in [0.05, 0.1) is 0 Å².